The summed E-state index contributed by atoms with van der Waals surface area (Å²) in [6, 6.07) is 12.2. The summed E-state index contributed by atoms with van der Waals surface area (Å²) in [5, 5.41) is 16.4. The number of benzene rings is 1. The van der Waals surface area contributed by atoms with Gasteiger partial charge in [0.1, 0.15) is 5.82 Å². The molecule has 0 spiro atoms. The number of nitrogens with one attached hydrogen (secondary N) is 1. The fraction of sp³-hybridized carbons (Fsp3) is 0.429. The lowest BCUT2D eigenvalue weighted by Crippen LogP contribution is -2.41. The first kappa shape index (κ1) is 18.4. The summed E-state index contributed by atoms with van der Waals surface area (Å²) >= 11 is 0. The molecule has 28 heavy (non-hydrogen) atoms. The molecule has 146 valence electrons. The van der Waals surface area contributed by atoms with Crippen molar-refractivity contribution in [3.05, 3.63) is 42.0 Å². The first-order chi connectivity index (χ1) is 13.7. The monoisotopic (exact) mass is 378 g/mol. The maximum Gasteiger partial charge on any atom is 0.223 e. The van der Waals surface area contributed by atoms with Crippen molar-refractivity contribution in [2.45, 2.75) is 33.1 Å². The van der Waals surface area contributed by atoms with Crippen molar-refractivity contribution in [1.82, 2.24) is 25.1 Å². The molecule has 1 aromatic carbocycles. The van der Waals surface area contributed by atoms with Crippen LogP contribution >= 0.6 is 0 Å². The van der Waals surface area contributed by atoms with Crippen molar-refractivity contribution in [3.8, 4) is 11.4 Å². The van der Waals surface area contributed by atoms with Gasteiger partial charge < -0.3 is 10.2 Å². The predicted octanol–water partition coefficient (Wildman–Crippen LogP) is 2.84. The molecular formula is C21H26N6O. The Morgan fingerprint density at radius 3 is 2.57 bits per heavy atom. The van der Waals surface area contributed by atoms with Crippen LogP contribution in [0.25, 0.3) is 17.0 Å². The Morgan fingerprint density at radius 2 is 1.86 bits per heavy atom. The van der Waals surface area contributed by atoms with E-state index in [-0.39, 0.29) is 11.8 Å². The van der Waals surface area contributed by atoms with Gasteiger partial charge in [-0.3, -0.25) is 4.79 Å². The number of aryl methyl sites for hydroxylation is 1. The number of hydrogen-bond acceptors (Lipinski definition) is 5. The van der Waals surface area contributed by atoms with Crippen LogP contribution in [0.1, 0.15) is 31.7 Å². The number of amides is 1. The molecule has 0 bridgehead atoms. The molecule has 4 rings (SSSR count). The van der Waals surface area contributed by atoms with E-state index in [0.29, 0.717) is 0 Å². The summed E-state index contributed by atoms with van der Waals surface area (Å²) in [6.45, 7) is 6.54. The van der Waals surface area contributed by atoms with Crippen molar-refractivity contribution in [2.75, 3.05) is 24.5 Å². The van der Waals surface area contributed by atoms with Crippen LogP contribution in [0.15, 0.2) is 36.4 Å². The third kappa shape index (κ3) is 3.69. The molecule has 1 saturated heterocycles. The Labute approximate surface area is 164 Å². The Morgan fingerprint density at radius 1 is 1.11 bits per heavy atom. The van der Waals surface area contributed by atoms with Crippen molar-refractivity contribution in [2.24, 2.45) is 5.92 Å². The van der Waals surface area contributed by atoms with E-state index in [1.54, 1.807) is 4.52 Å². The average Bonchev–Trinajstić information content (AvgIpc) is 3.16. The predicted molar refractivity (Wildman–Crippen MR) is 109 cm³/mol. The minimum atomic E-state index is 0.101. The summed E-state index contributed by atoms with van der Waals surface area (Å²) < 4.78 is 1.81. The molecule has 0 atom stereocenters. The van der Waals surface area contributed by atoms with E-state index in [1.807, 2.05) is 24.3 Å². The minimum Gasteiger partial charge on any atom is -0.356 e. The van der Waals surface area contributed by atoms with Crippen molar-refractivity contribution in [1.29, 1.82) is 0 Å². The molecule has 0 aliphatic carbocycles. The molecule has 1 N–H and O–H groups in total. The average molecular weight is 378 g/mol. The quantitative estimate of drug-likeness (QED) is 0.739. The zero-order valence-electron chi connectivity index (χ0n) is 16.4. The lowest BCUT2D eigenvalue weighted by Gasteiger charge is -2.32. The first-order valence-electron chi connectivity index (χ1n) is 9.98. The highest BCUT2D eigenvalue weighted by Crippen LogP contribution is 2.24. The van der Waals surface area contributed by atoms with E-state index >= 15 is 0 Å². The number of piperidine rings is 1. The van der Waals surface area contributed by atoms with Gasteiger partial charge in [0, 0.05) is 31.1 Å². The van der Waals surface area contributed by atoms with E-state index in [4.69, 9.17) is 5.10 Å². The highest BCUT2D eigenvalue weighted by atomic mass is 16.1. The molecule has 1 aliphatic heterocycles. The molecule has 1 amide bonds. The van der Waals surface area contributed by atoms with Gasteiger partial charge in [0.2, 0.25) is 5.91 Å². The summed E-state index contributed by atoms with van der Waals surface area (Å²) in [5.41, 5.74) is 2.93. The van der Waals surface area contributed by atoms with E-state index in [1.165, 1.54) is 5.56 Å². The van der Waals surface area contributed by atoms with Crippen LogP contribution in [-0.2, 0) is 4.79 Å². The first-order valence-corrected chi connectivity index (χ1v) is 9.98. The standard InChI is InChI=1S/C21H26N6O/c1-3-12-22-21(28)17-10-13-26(14-11-17)19-9-8-18-23-24-20(27(18)25-19)16-6-4-15(2)5-7-16/h4-9,17H,3,10-14H2,1-2H3,(H,22,28). The molecule has 7 heteroatoms. The van der Waals surface area contributed by atoms with Crippen LogP contribution in [0.4, 0.5) is 5.82 Å². The zero-order chi connectivity index (χ0) is 19.5. The maximum atomic E-state index is 12.2. The number of fused-ring (bicyclic) bond motifs is 1. The number of anilines is 1. The lowest BCUT2D eigenvalue weighted by atomic mass is 9.96. The molecule has 0 saturated carbocycles. The van der Waals surface area contributed by atoms with Crippen molar-refractivity contribution < 1.29 is 4.79 Å². The van der Waals surface area contributed by atoms with Gasteiger partial charge in [0.05, 0.1) is 0 Å². The highest BCUT2D eigenvalue weighted by molar-refractivity contribution is 5.78. The SMILES string of the molecule is CCCNC(=O)C1CCN(c2ccc3nnc(-c4ccc(C)cc4)n3n2)CC1. The van der Waals surface area contributed by atoms with Gasteiger partial charge in [-0.1, -0.05) is 36.8 Å². The Balaban J connectivity index is 1.52. The molecule has 0 radical (unpaired) electrons. The van der Waals surface area contributed by atoms with Crippen LogP contribution in [0.2, 0.25) is 0 Å². The van der Waals surface area contributed by atoms with Crippen LogP contribution < -0.4 is 10.2 Å². The van der Waals surface area contributed by atoms with Gasteiger partial charge in [-0.05, 0) is 38.3 Å². The summed E-state index contributed by atoms with van der Waals surface area (Å²) in [5.74, 6) is 1.92. The molecule has 7 nitrogen and oxygen atoms in total. The van der Waals surface area contributed by atoms with Gasteiger partial charge in [-0.25, -0.2) is 0 Å². The van der Waals surface area contributed by atoms with Gasteiger partial charge in [-0.15, -0.1) is 15.3 Å². The number of rotatable bonds is 5. The lowest BCUT2D eigenvalue weighted by molar-refractivity contribution is -0.125. The molecule has 1 fully saturated rings. The normalized spacial score (nSPS) is 15.1. The molecule has 3 aromatic rings. The van der Waals surface area contributed by atoms with E-state index in [2.05, 4.69) is 46.4 Å². The largest absolute Gasteiger partial charge is 0.356 e. The topological polar surface area (TPSA) is 75.4 Å². The van der Waals surface area contributed by atoms with Crippen LogP contribution in [0, 0.1) is 12.8 Å². The van der Waals surface area contributed by atoms with Crippen LogP contribution in [-0.4, -0.2) is 45.4 Å². The van der Waals surface area contributed by atoms with E-state index in [0.717, 1.165) is 61.7 Å². The number of nitrogens with zero attached hydrogens (tertiary/aromatic N) is 5. The van der Waals surface area contributed by atoms with Crippen LogP contribution in [0.3, 0.4) is 0 Å². The second-order valence-corrected chi connectivity index (χ2v) is 7.40. The Bertz CT molecular complexity index is 957. The van der Waals surface area contributed by atoms with Gasteiger partial charge >= 0.3 is 0 Å². The molecule has 2 aromatic heterocycles. The van der Waals surface area contributed by atoms with Gasteiger partial charge in [0.25, 0.3) is 0 Å². The maximum absolute atomic E-state index is 12.2. The Hall–Kier alpha value is -2.96. The highest BCUT2D eigenvalue weighted by Gasteiger charge is 2.25. The third-order valence-corrected chi connectivity index (χ3v) is 5.30. The molecule has 1 aliphatic rings. The second-order valence-electron chi connectivity index (χ2n) is 7.40. The fourth-order valence-corrected chi connectivity index (χ4v) is 3.59. The van der Waals surface area contributed by atoms with E-state index < -0.39 is 0 Å². The van der Waals surface area contributed by atoms with Crippen LogP contribution in [0.5, 0.6) is 0 Å². The summed E-state index contributed by atoms with van der Waals surface area (Å²) in [4.78, 5) is 14.4. The fourth-order valence-electron chi connectivity index (χ4n) is 3.59. The zero-order valence-corrected chi connectivity index (χ0v) is 16.4. The number of carbonyl (C=O) groups excluding carboxylic acids is 1. The number of carbonyl (C=O) groups is 1. The van der Waals surface area contributed by atoms with Crippen molar-refractivity contribution in [3.63, 3.8) is 0 Å². The minimum absolute atomic E-state index is 0.101. The third-order valence-electron chi connectivity index (χ3n) is 5.30. The summed E-state index contributed by atoms with van der Waals surface area (Å²) in [6.07, 6.45) is 2.67. The molecule has 0 unspecified atom stereocenters. The Kier molecular flexibility index (Phi) is 5.23. The second kappa shape index (κ2) is 7.96. The van der Waals surface area contributed by atoms with Crippen molar-refractivity contribution >= 4 is 17.4 Å². The van der Waals surface area contributed by atoms with Gasteiger partial charge in [-0.2, -0.15) is 4.52 Å². The summed E-state index contributed by atoms with van der Waals surface area (Å²) in [7, 11) is 0. The van der Waals surface area contributed by atoms with E-state index in [9.17, 15) is 4.79 Å². The molecule has 3 heterocycles. The van der Waals surface area contributed by atoms with Gasteiger partial charge in [0.15, 0.2) is 11.5 Å². The number of aromatic nitrogens is 4. The smallest absolute Gasteiger partial charge is 0.223 e. The number of hydrogen-bond donors (Lipinski definition) is 1. The molecular weight excluding hydrogens is 352 g/mol.